The van der Waals surface area contributed by atoms with Crippen LogP contribution in [0.1, 0.15) is 23.3 Å². The molecule has 0 heterocycles. The summed E-state index contributed by atoms with van der Waals surface area (Å²) < 4.78 is 0. The smallest absolute Gasteiger partial charge is 0.107 e. The Kier molecular flexibility index (Phi) is 1.65. The zero-order valence-electron chi connectivity index (χ0n) is 6.44. The maximum atomic E-state index is 9.45. The minimum Gasteiger partial charge on any atom is -0.388 e. The van der Waals surface area contributed by atoms with Crippen LogP contribution < -0.4 is 5.73 Å². The average molecular weight is 164 g/mol. The molecule has 0 fully saturated rings. The molecule has 2 rings (SSSR count). The molecule has 1 aromatic rings. The minimum absolute atomic E-state index is 0.685. The van der Waals surface area contributed by atoms with E-state index in [1.807, 2.05) is 6.07 Å². The normalized spacial score (nSPS) is 33.4. The van der Waals surface area contributed by atoms with Gasteiger partial charge in [0, 0.05) is 0 Å². The zero-order chi connectivity index (χ0) is 8.72. The molecule has 12 heavy (non-hydrogen) atoms. The predicted octanol–water partition coefficient (Wildman–Crippen LogP) is 0.418. The summed E-state index contributed by atoms with van der Waals surface area (Å²) in [6, 6.07) is 6.43. The van der Waals surface area contributed by atoms with Crippen molar-refractivity contribution in [2.75, 3.05) is 0 Å². The monoisotopic (exact) mass is 164 g/mol. The van der Waals surface area contributed by atoms with Crippen molar-refractivity contribution in [1.82, 2.24) is 5.73 Å². The van der Waals surface area contributed by atoms with Crippen LogP contribution in [0.4, 0.5) is 0 Å². The minimum atomic E-state index is -0.970. The molecule has 0 amide bonds. The summed E-state index contributed by atoms with van der Waals surface area (Å²) in [5.41, 5.74) is 8.96. The fourth-order valence-electron chi connectivity index (χ4n) is 1.61. The van der Waals surface area contributed by atoms with Gasteiger partial charge in [0.05, 0.1) is 6.04 Å². The maximum Gasteiger partial charge on any atom is 0.107 e. The standard InChI is InChI=1S/C9H10NO2/c10-7-5-3-1-2-4-6(5)8(11)9(7)12/h1-4,7-12H/t7-,8+,9-/m0/s1. The van der Waals surface area contributed by atoms with E-state index in [0.717, 1.165) is 5.56 Å². The molecule has 0 aliphatic heterocycles. The Morgan fingerprint density at radius 2 is 1.67 bits per heavy atom. The molecule has 0 saturated heterocycles. The molecule has 1 aliphatic carbocycles. The number of rotatable bonds is 0. The van der Waals surface area contributed by atoms with Gasteiger partial charge < -0.3 is 10.2 Å². The van der Waals surface area contributed by atoms with Crippen molar-refractivity contribution in [1.29, 1.82) is 0 Å². The third-order valence-electron chi connectivity index (χ3n) is 2.31. The zero-order valence-corrected chi connectivity index (χ0v) is 6.44. The van der Waals surface area contributed by atoms with E-state index in [0.29, 0.717) is 5.56 Å². The lowest BCUT2D eigenvalue weighted by molar-refractivity contribution is 0.0167. The predicted molar refractivity (Wildman–Crippen MR) is 43.2 cm³/mol. The Morgan fingerprint density at radius 3 is 2.25 bits per heavy atom. The van der Waals surface area contributed by atoms with E-state index in [-0.39, 0.29) is 0 Å². The highest BCUT2D eigenvalue weighted by Gasteiger charge is 2.36. The first-order chi connectivity index (χ1) is 5.72. The lowest BCUT2D eigenvalue weighted by atomic mass is 10.1. The van der Waals surface area contributed by atoms with Gasteiger partial charge in [-0.1, -0.05) is 24.3 Å². The highest BCUT2D eigenvalue weighted by molar-refractivity contribution is 5.38. The van der Waals surface area contributed by atoms with Gasteiger partial charge >= 0.3 is 0 Å². The Labute approximate surface area is 70.4 Å². The molecule has 1 aliphatic rings. The fourth-order valence-corrected chi connectivity index (χ4v) is 1.61. The van der Waals surface area contributed by atoms with Gasteiger partial charge in [0.2, 0.25) is 0 Å². The van der Waals surface area contributed by atoms with Gasteiger partial charge in [-0.2, -0.15) is 0 Å². The van der Waals surface area contributed by atoms with Crippen LogP contribution in [0.15, 0.2) is 24.3 Å². The maximum absolute atomic E-state index is 9.45. The summed E-state index contributed by atoms with van der Waals surface area (Å²) in [5, 5.41) is 18.8. The molecule has 0 aromatic heterocycles. The highest BCUT2D eigenvalue weighted by atomic mass is 16.3. The number of hydrogen-bond donors (Lipinski definition) is 2. The van der Waals surface area contributed by atoms with E-state index in [1.165, 1.54) is 0 Å². The summed E-state index contributed by atoms with van der Waals surface area (Å²) in [7, 11) is 0. The van der Waals surface area contributed by atoms with Gasteiger partial charge in [-0.25, -0.2) is 5.73 Å². The largest absolute Gasteiger partial charge is 0.388 e. The van der Waals surface area contributed by atoms with Crippen LogP contribution in [0.3, 0.4) is 0 Å². The molecule has 0 unspecified atom stereocenters. The third-order valence-corrected chi connectivity index (χ3v) is 2.31. The Balaban J connectivity index is 2.52. The van der Waals surface area contributed by atoms with E-state index in [1.54, 1.807) is 18.2 Å². The molecule has 1 aromatic carbocycles. The number of aliphatic hydroxyl groups excluding tert-OH is 2. The van der Waals surface area contributed by atoms with Crippen LogP contribution in [0.5, 0.6) is 0 Å². The van der Waals surface area contributed by atoms with Gasteiger partial charge in [-0.3, -0.25) is 0 Å². The molecule has 3 atom stereocenters. The van der Waals surface area contributed by atoms with Crippen LogP contribution in [-0.2, 0) is 0 Å². The first-order valence-corrected chi connectivity index (χ1v) is 3.88. The van der Waals surface area contributed by atoms with E-state index < -0.39 is 18.2 Å². The van der Waals surface area contributed by atoms with Crippen molar-refractivity contribution in [2.24, 2.45) is 0 Å². The van der Waals surface area contributed by atoms with E-state index in [2.05, 4.69) is 0 Å². The van der Waals surface area contributed by atoms with Crippen molar-refractivity contribution in [3.8, 4) is 0 Å². The first-order valence-electron chi connectivity index (χ1n) is 3.88. The average Bonchev–Trinajstić information content (AvgIpc) is 2.33. The van der Waals surface area contributed by atoms with Crippen molar-refractivity contribution >= 4 is 0 Å². The second-order valence-electron chi connectivity index (χ2n) is 3.04. The lowest BCUT2D eigenvalue weighted by Gasteiger charge is -2.10. The van der Waals surface area contributed by atoms with Gasteiger partial charge in [-0.15, -0.1) is 0 Å². The molecule has 1 radical (unpaired) electrons. The van der Waals surface area contributed by atoms with Gasteiger partial charge in [0.15, 0.2) is 0 Å². The summed E-state index contributed by atoms with van der Waals surface area (Å²) in [6.07, 6.45) is -1.86. The fraction of sp³-hybridized carbons (Fsp3) is 0.333. The quantitative estimate of drug-likeness (QED) is 0.583. The van der Waals surface area contributed by atoms with E-state index in [4.69, 9.17) is 5.73 Å². The van der Waals surface area contributed by atoms with Crippen molar-refractivity contribution in [2.45, 2.75) is 18.2 Å². The topological polar surface area (TPSA) is 64.3 Å². The summed E-state index contributed by atoms with van der Waals surface area (Å²) in [5.74, 6) is 0. The molecule has 0 saturated carbocycles. The lowest BCUT2D eigenvalue weighted by Crippen LogP contribution is -2.18. The van der Waals surface area contributed by atoms with Crippen molar-refractivity contribution in [3.05, 3.63) is 35.4 Å². The summed E-state index contributed by atoms with van der Waals surface area (Å²) in [6.45, 7) is 0. The molecule has 3 N–H and O–H groups in total. The molecular weight excluding hydrogens is 154 g/mol. The number of fused-ring (bicyclic) bond motifs is 1. The van der Waals surface area contributed by atoms with Gasteiger partial charge in [-0.05, 0) is 11.1 Å². The third kappa shape index (κ3) is 0.876. The van der Waals surface area contributed by atoms with Gasteiger partial charge in [0.1, 0.15) is 12.2 Å². The summed E-state index contributed by atoms with van der Waals surface area (Å²) in [4.78, 5) is 0. The molecule has 0 spiro atoms. The van der Waals surface area contributed by atoms with Crippen molar-refractivity contribution in [3.63, 3.8) is 0 Å². The van der Waals surface area contributed by atoms with E-state index in [9.17, 15) is 10.2 Å². The number of hydrogen-bond acceptors (Lipinski definition) is 2. The number of aliphatic hydroxyl groups is 2. The van der Waals surface area contributed by atoms with Crippen LogP contribution in [0.2, 0.25) is 0 Å². The van der Waals surface area contributed by atoms with Crippen LogP contribution >= 0.6 is 0 Å². The van der Waals surface area contributed by atoms with Crippen LogP contribution in [0.25, 0.3) is 0 Å². The summed E-state index contributed by atoms with van der Waals surface area (Å²) >= 11 is 0. The SMILES string of the molecule is [NH][C@H]1c2ccccc2[C@@H](O)[C@H]1O. The number of benzene rings is 1. The highest BCUT2D eigenvalue weighted by Crippen LogP contribution is 2.37. The Hall–Kier alpha value is -0.900. The second kappa shape index (κ2) is 2.55. The van der Waals surface area contributed by atoms with Gasteiger partial charge in [0.25, 0.3) is 0 Å². The Bertz CT molecular complexity index is 271. The second-order valence-corrected chi connectivity index (χ2v) is 3.04. The molecule has 3 nitrogen and oxygen atoms in total. The molecule has 0 bridgehead atoms. The molecule has 3 heteroatoms. The van der Waals surface area contributed by atoms with Crippen LogP contribution in [0, 0.1) is 0 Å². The Morgan fingerprint density at radius 1 is 1.08 bits per heavy atom. The van der Waals surface area contributed by atoms with Crippen LogP contribution in [-0.4, -0.2) is 16.3 Å². The van der Waals surface area contributed by atoms with Crippen molar-refractivity contribution < 1.29 is 10.2 Å². The first kappa shape index (κ1) is 7.73. The number of nitrogens with one attached hydrogen (secondary N) is 1. The molecule has 63 valence electrons. The molecular formula is C9H10NO2. The van der Waals surface area contributed by atoms with E-state index >= 15 is 0 Å².